The number of para-hydroxylation sites is 3. The number of phenols is 1. The molecular formula is C24H20N4OS. The third kappa shape index (κ3) is 3.21. The minimum atomic E-state index is -0.161. The van der Waals surface area contributed by atoms with Crippen molar-refractivity contribution in [2.75, 3.05) is 4.90 Å². The van der Waals surface area contributed by atoms with E-state index in [1.165, 1.54) is 0 Å². The molecular weight excluding hydrogens is 392 g/mol. The van der Waals surface area contributed by atoms with Gasteiger partial charge in [0.2, 0.25) is 0 Å². The Morgan fingerprint density at radius 2 is 1.67 bits per heavy atom. The van der Waals surface area contributed by atoms with Gasteiger partial charge in [-0.15, -0.1) is 0 Å². The highest BCUT2D eigenvalue weighted by atomic mass is 32.1. The molecule has 2 N–H and O–H groups in total. The van der Waals surface area contributed by atoms with Crippen LogP contribution >= 0.6 is 12.2 Å². The van der Waals surface area contributed by atoms with E-state index in [1.54, 1.807) is 12.3 Å². The number of aromatic hydroxyl groups is 1. The van der Waals surface area contributed by atoms with Gasteiger partial charge >= 0.3 is 0 Å². The van der Waals surface area contributed by atoms with E-state index in [0.29, 0.717) is 10.8 Å². The summed E-state index contributed by atoms with van der Waals surface area (Å²) in [5.41, 5.74) is 3.73. The number of phenolic OH excluding ortho intramolecular Hbond substituents is 1. The Kier molecular flexibility index (Phi) is 4.69. The number of hydrogen-bond acceptors (Lipinski definition) is 3. The van der Waals surface area contributed by atoms with Gasteiger partial charge in [-0.2, -0.15) is 0 Å². The summed E-state index contributed by atoms with van der Waals surface area (Å²) in [6.45, 7) is 0. The van der Waals surface area contributed by atoms with Gasteiger partial charge in [-0.3, -0.25) is 4.98 Å². The van der Waals surface area contributed by atoms with Crippen LogP contribution in [0.15, 0.2) is 97.5 Å². The van der Waals surface area contributed by atoms with Crippen LogP contribution in [-0.4, -0.2) is 19.8 Å². The van der Waals surface area contributed by atoms with E-state index in [4.69, 9.17) is 12.2 Å². The summed E-state index contributed by atoms with van der Waals surface area (Å²) in [6, 6.07) is 25.1. The molecule has 2 aromatic carbocycles. The first-order chi connectivity index (χ1) is 14.7. The Morgan fingerprint density at radius 1 is 0.900 bits per heavy atom. The van der Waals surface area contributed by atoms with Crippen molar-refractivity contribution in [2.24, 2.45) is 0 Å². The Bertz CT molecular complexity index is 1180. The van der Waals surface area contributed by atoms with Crippen LogP contribution < -0.4 is 10.2 Å². The van der Waals surface area contributed by atoms with Crippen LogP contribution in [0.2, 0.25) is 0 Å². The van der Waals surface area contributed by atoms with Crippen molar-refractivity contribution in [3.05, 3.63) is 109 Å². The summed E-state index contributed by atoms with van der Waals surface area (Å²) in [7, 11) is 0. The number of aromatic nitrogens is 2. The van der Waals surface area contributed by atoms with Crippen molar-refractivity contribution in [1.29, 1.82) is 0 Å². The molecule has 3 heterocycles. The second kappa shape index (κ2) is 7.65. The molecule has 0 aliphatic carbocycles. The first-order valence-electron chi connectivity index (χ1n) is 9.74. The van der Waals surface area contributed by atoms with Crippen molar-refractivity contribution < 1.29 is 5.11 Å². The molecule has 0 unspecified atom stereocenters. The average Bonchev–Trinajstić information content (AvgIpc) is 3.40. The van der Waals surface area contributed by atoms with E-state index in [9.17, 15) is 5.11 Å². The van der Waals surface area contributed by atoms with E-state index in [0.717, 1.165) is 16.9 Å². The summed E-state index contributed by atoms with van der Waals surface area (Å²) >= 11 is 5.71. The molecule has 1 saturated heterocycles. The molecule has 30 heavy (non-hydrogen) atoms. The number of anilines is 1. The highest BCUT2D eigenvalue weighted by molar-refractivity contribution is 7.80. The number of thiocarbonyl (C=S) groups is 1. The molecule has 5 rings (SSSR count). The van der Waals surface area contributed by atoms with Crippen LogP contribution in [0.1, 0.15) is 23.3 Å². The molecule has 0 saturated carbocycles. The molecule has 1 fully saturated rings. The first-order valence-corrected chi connectivity index (χ1v) is 10.1. The van der Waals surface area contributed by atoms with E-state index in [-0.39, 0.29) is 17.8 Å². The summed E-state index contributed by atoms with van der Waals surface area (Å²) in [6.07, 6.45) is 5.94. The van der Waals surface area contributed by atoms with Crippen molar-refractivity contribution >= 4 is 23.0 Å². The molecule has 0 spiro atoms. The lowest BCUT2D eigenvalue weighted by molar-refractivity contribution is 0.473. The number of rotatable bonds is 4. The van der Waals surface area contributed by atoms with Crippen LogP contribution in [0.5, 0.6) is 5.75 Å². The van der Waals surface area contributed by atoms with Crippen LogP contribution in [0, 0.1) is 0 Å². The van der Waals surface area contributed by atoms with Gasteiger partial charge in [0.25, 0.3) is 0 Å². The lowest BCUT2D eigenvalue weighted by atomic mass is 9.98. The van der Waals surface area contributed by atoms with Crippen LogP contribution in [0.25, 0.3) is 5.69 Å². The Balaban J connectivity index is 1.62. The van der Waals surface area contributed by atoms with E-state index >= 15 is 0 Å². The summed E-state index contributed by atoms with van der Waals surface area (Å²) in [4.78, 5) is 6.55. The second-order valence-corrected chi connectivity index (χ2v) is 7.56. The zero-order chi connectivity index (χ0) is 20.5. The number of nitrogens with zero attached hydrogens (tertiary/aromatic N) is 3. The van der Waals surface area contributed by atoms with E-state index in [1.807, 2.05) is 65.7 Å². The predicted octanol–water partition coefficient (Wildman–Crippen LogP) is 4.76. The maximum absolute atomic E-state index is 10.5. The molecule has 0 amide bonds. The van der Waals surface area contributed by atoms with Gasteiger partial charge < -0.3 is 19.9 Å². The Morgan fingerprint density at radius 3 is 2.43 bits per heavy atom. The highest BCUT2D eigenvalue weighted by Gasteiger charge is 2.41. The molecule has 2 aromatic heterocycles. The number of nitrogens with one attached hydrogen (secondary N) is 1. The summed E-state index contributed by atoms with van der Waals surface area (Å²) < 4.78 is 2.09. The fraction of sp³-hybridized carbons (Fsp3) is 0.0833. The number of hydrogen-bond donors (Lipinski definition) is 2. The maximum Gasteiger partial charge on any atom is 0.174 e. The second-order valence-electron chi connectivity index (χ2n) is 7.17. The number of benzene rings is 2. The topological polar surface area (TPSA) is 53.3 Å². The lowest BCUT2D eigenvalue weighted by Gasteiger charge is -2.27. The standard InChI is InChI=1S/C24H20N4OS/c29-21-12-5-4-11-20(21)28-23(22(26-24(28)30)19-10-6-7-14-25-19)17-13-15-27(16-17)18-8-2-1-3-9-18/h1-16,22-23,29H,(H,26,30)/t22-,23-/m1/s1. The third-order valence-corrected chi connectivity index (χ3v) is 5.67. The molecule has 5 nitrogen and oxygen atoms in total. The van der Waals surface area contributed by atoms with Crippen molar-refractivity contribution in [1.82, 2.24) is 14.9 Å². The average molecular weight is 413 g/mol. The van der Waals surface area contributed by atoms with Gasteiger partial charge in [0.15, 0.2) is 5.11 Å². The van der Waals surface area contributed by atoms with E-state index < -0.39 is 0 Å². The molecule has 0 bridgehead atoms. The quantitative estimate of drug-likeness (QED) is 0.474. The molecule has 2 atom stereocenters. The van der Waals surface area contributed by atoms with Gasteiger partial charge in [0, 0.05) is 24.3 Å². The molecule has 1 aliphatic heterocycles. The fourth-order valence-corrected chi connectivity index (χ4v) is 4.31. The molecule has 6 heteroatoms. The van der Waals surface area contributed by atoms with Crippen molar-refractivity contribution in [3.63, 3.8) is 0 Å². The van der Waals surface area contributed by atoms with Gasteiger partial charge in [-0.05, 0) is 60.2 Å². The van der Waals surface area contributed by atoms with Gasteiger partial charge in [-0.1, -0.05) is 36.4 Å². The highest BCUT2D eigenvalue weighted by Crippen LogP contribution is 2.44. The van der Waals surface area contributed by atoms with Crippen LogP contribution in [-0.2, 0) is 0 Å². The predicted molar refractivity (Wildman–Crippen MR) is 122 cm³/mol. The van der Waals surface area contributed by atoms with E-state index in [2.05, 4.69) is 39.3 Å². The molecule has 4 aromatic rings. The van der Waals surface area contributed by atoms with Crippen LogP contribution in [0.3, 0.4) is 0 Å². The van der Waals surface area contributed by atoms with Gasteiger partial charge in [-0.25, -0.2) is 0 Å². The largest absolute Gasteiger partial charge is 0.506 e. The first kappa shape index (κ1) is 18.4. The summed E-state index contributed by atoms with van der Waals surface area (Å²) in [5.74, 6) is 0.191. The smallest absolute Gasteiger partial charge is 0.174 e. The zero-order valence-electron chi connectivity index (χ0n) is 16.1. The van der Waals surface area contributed by atoms with Crippen molar-refractivity contribution in [2.45, 2.75) is 12.1 Å². The molecule has 0 radical (unpaired) electrons. The monoisotopic (exact) mass is 412 g/mol. The molecule has 148 valence electrons. The molecule has 1 aliphatic rings. The maximum atomic E-state index is 10.5. The SMILES string of the molecule is Oc1ccccc1N1C(=S)N[C@H](c2ccccn2)[C@H]1c1ccn(-c2ccccc2)c1. The minimum Gasteiger partial charge on any atom is -0.506 e. The minimum absolute atomic E-state index is 0.148. The summed E-state index contributed by atoms with van der Waals surface area (Å²) in [5, 5.41) is 14.5. The van der Waals surface area contributed by atoms with Gasteiger partial charge in [0.1, 0.15) is 5.75 Å². The Hall–Kier alpha value is -3.64. The Labute approximate surface area is 180 Å². The zero-order valence-corrected chi connectivity index (χ0v) is 16.9. The lowest BCUT2D eigenvalue weighted by Crippen LogP contribution is -2.29. The normalized spacial score (nSPS) is 18.4. The van der Waals surface area contributed by atoms with Gasteiger partial charge in [0.05, 0.1) is 23.5 Å². The number of pyridine rings is 1. The fourth-order valence-electron chi connectivity index (χ4n) is 3.97. The third-order valence-electron chi connectivity index (χ3n) is 5.35. The van der Waals surface area contributed by atoms with Crippen molar-refractivity contribution in [3.8, 4) is 11.4 Å². The van der Waals surface area contributed by atoms with Crippen LogP contribution in [0.4, 0.5) is 5.69 Å².